The Balaban J connectivity index is 3.51. The molecule has 0 unspecified atom stereocenters. The number of carbonyl (C=O) groups is 1. The second-order valence-electron chi connectivity index (χ2n) is 2.86. The lowest BCUT2D eigenvalue weighted by atomic mass is 10.0. The largest absolute Gasteiger partial charge is 0.419 e. The van der Waals surface area contributed by atoms with Gasteiger partial charge in [0.1, 0.15) is 11.4 Å². The lowest BCUT2D eigenvalue weighted by Crippen LogP contribution is -2.16. The maximum atomic E-state index is 13.1. The van der Waals surface area contributed by atoms with Crippen molar-refractivity contribution in [2.45, 2.75) is 6.18 Å². The number of rotatable bonds is 2. The molecule has 0 saturated carbocycles. The summed E-state index contributed by atoms with van der Waals surface area (Å²) in [6.07, 6.45) is -4.93. The highest BCUT2D eigenvalue weighted by Crippen LogP contribution is 2.36. The van der Waals surface area contributed by atoms with Gasteiger partial charge in [-0.25, -0.2) is 4.39 Å². The van der Waals surface area contributed by atoms with Crippen molar-refractivity contribution in [2.24, 2.45) is 0 Å². The number of alkyl halides is 4. The van der Waals surface area contributed by atoms with E-state index >= 15 is 0 Å². The maximum absolute atomic E-state index is 13.1. The lowest BCUT2D eigenvalue weighted by molar-refractivity contribution is -0.140. The quantitative estimate of drug-likeness (QED) is 0.456. The van der Waals surface area contributed by atoms with E-state index in [-0.39, 0.29) is 10.4 Å². The molecule has 1 rings (SSSR count). The van der Waals surface area contributed by atoms with Crippen molar-refractivity contribution in [3.05, 3.63) is 34.1 Å². The zero-order chi connectivity index (χ0) is 12.5. The molecule has 1 aromatic carbocycles. The number of halogens is 6. The Kier molecular flexibility index (Phi) is 3.96. The van der Waals surface area contributed by atoms with Crippen LogP contribution in [0.25, 0.3) is 0 Å². The highest BCUT2D eigenvalue weighted by atomic mass is 79.9. The first kappa shape index (κ1) is 13.4. The number of hydrogen-bond donors (Lipinski definition) is 0. The van der Waals surface area contributed by atoms with Crippen LogP contribution in [0.4, 0.5) is 17.6 Å². The van der Waals surface area contributed by atoms with Gasteiger partial charge in [0.05, 0.1) is 5.33 Å². The molecule has 0 radical (unpaired) electrons. The highest BCUT2D eigenvalue weighted by Gasteiger charge is 2.38. The first-order valence-electron chi connectivity index (χ1n) is 3.92. The molecule has 7 heteroatoms. The van der Waals surface area contributed by atoms with Gasteiger partial charge in [-0.1, -0.05) is 27.5 Å². The highest BCUT2D eigenvalue weighted by molar-refractivity contribution is 9.09. The van der Waals surface area contributed by atoms with Crippen LogP contribution in [0.15, 0.2) is 12.1 Å². The lowest BCUT2D eigenvalue weighted by Gasteiger charge is -2.12. The molecule has 0 bridgehead atoms. The fourth-order valence-electron chi connectivity index (χ4n) is 1.15. The van der Waals surface area contributed by atoms with Gasteiger partial charge in [-0.15, -0.1) is 0 Å². The minimum atomic E-state index is -4.93. The van der Waals surface area contributed by atoms with E-state index in [1.54, 1.807) is 0 Å². The maximum Gasteiger partial charge on any atom is 0.419 e. The monoisotopic (exact) mass is 318 g/mol. The Morgan fingerprint density at radius 3 is 2.38 bits per heavy atom. The van der Waals surface area contributed by atoms with E-state index in [9.17, 15) is 22.4 Å². The average Bonchev–Trinajstić information content (AvgIpc) is 2.12. The van der Waals surface area contributed by atoms with E-state index in [1.807, 2.05) is 0 Å². The molecule has 0 amide bonds. The molecule has 0 aliphatic rings. The van der Waals surface area contributed by atoms with E-state index in [0.717, 1.165) is 6.07 Å². The van der Waals surface area contributed by atoms with E-state index in [0.29, 0.717) is 6.07 Å². The zero-order valence-corrected chi connectivity index (χ0v) is 9.88. The SMILES string of the molecule is O=C(CBr)c1cc(Cl)cc(F)c1C(F)(F)F. The Morgan fingerprint density at radius 1 is 1.38 bits per heavy atom. The van der Waals surface area contributed by atoms with Crippen LogP contribution < -0.4 is 0 Å². The van der Waals surface area contributed by atoms with Crippen molar-refractivity contribution >= 4 is 33.3 Å². The molecule has 0 fully saturated rings. The number of hydrogen-bond acceptors (Lipinski definition) is 1. The molecule has 0 heterocycles. The summed E-state index contributed by atoms with van der Waals surface area (Å²) in [5, 5.41) is -0.592. The summed E-state index contributed by atoms with van der Waals surface area (Å²) in [4.78, 5) is 11.2. The van der Waals surface area contributed by atoms with Crippen molar-refractivity contribution in [3.8, 4) is 0 Å². The number of carbonyl (C=O) groups excluding carboxylic acids is 1. The molecule has 0 N–H and O–H groups in total. The second-order valence-corrected chi connectivity index (χ2v) is 3.86. The third-order valence-corrected chi connectivity index (χ3v) is 2.49. The summed E-state index contributed by atoms with van der Waals surface area (Å²) >= 11 is 8.12. The van der Waals surface area contributed by atoms with Crippen molar-refractivity contribution in [1.82, 2.24) is 0 Å². The number of ketones is 1. The van der Waals surface area contributed by atoms with Crippen LogP contribution in [0.2, 0.25) is 5.02 Å². The van der Waals surface area contributed by atoms with Gasteiger partial charge in [-0.05, 0) is 12.1 Å². The Hall–Kier alpha value is -0.620. The summed E-state index contributed by atoms with van der Waals surface area (Å²) < 4.78 is 50.6. The van der Waals surface area contributed by atoms with Crippen molar-refractivity contribution < 1.29 is 22.4 Å². The molecule has 1 nitrogen and oxygen atoms in total. The molecule has 1 aromatic rings. The van der Waals surface area contributed by atoms with Crippen LogP contribution in [-0.2, 0) is 6.18 Å². The van der Waals surface area contributed by atoms with Gasteiger partial charge in [0.15, 0.2) is 5.78 Å². The van der Waals surface area contributed by atoms with E-state index in [4.69, 9.17) is 11.6 Å². The van der Waals surface area contributed by atoms with Crippen LogP contribution in [0, 0.1) is 5.82 Å². The molecule has 0 aromatic heterocycles. The summed E-state index contributed by atoms with van der Waals surface area (Å²) in [7, 11) is 0. The van der Waals surface area contributed by atoms with E-state index in [1.165, 1.54) is 0 Å². The standard InChI is InChI=1S/C9H4BrClF4O/c10-3-7(16)5-1-4(11)2-6(12)8(5)9(13,14)15/h1-2H,3H2. The van der Waals surface area contributed by atoms with Gasteiger partial charge in [-0.3, -0.25) is 4.79 Å². The smallest absolute Gasteiger partial charge is 0.293 e. The van der Waals surface area contributed by atoms with Crippen molar-refractivity contribution in [3.63, 3.8) is 0 Å². The average molecular weight is 319 g/mol. The zero-order valence-electron chi connectivity index (χ0n) is 7.54. The number of benzene rings is 1. The first-order valence-corrected chi connectivity index (χ1v) is 5.42. The van der Waals surface area contributed by atoms with E-state index < -0.39 is 28.9 Å². The van der Waals surface area contributed by atoms with Crippen LogP contribution in [-0.4, -0.2) is 11.1 Å². The summed E-state index contributed by atoms with van der Waals surface area (Å²) in [5.41, 5.74) is -2.35. The van der Waals surface area contributed by atoms with Gasteiger partial charge in [0.2, 0.25) is 0 Å². The third kappa shape index (κ3) is 2.74. The molecule has 0 atom stereocenters. The summed E-state index contributed by atoms with van der Waals surface area (Å²) in [6.45, 7) is 0. The van der Waals surface area contributed by atoms with Gasteiger partial charge in [-0.2, -0.15) is 13.2 Å². The van der Waals surface area contributed by atoms with Crippen molar-refractivity contribution in [2.75, 3.05) is 5.33 Å². The van der Waals surface area contributed by atoms with Gasteiger partial charge in [0, 0.05) is 10.6 Å². The van der Waals surface area contributed by atoms with Crippen LogP contribution in [0.5, 0.6) is 0 Å². The van der Waals surface area contributed by atoms with Crippen LogP contribution >= 0.6 is 27.5 Å². The topological polar surface area (TPSA) is 17.1 Å². The molecular weight excluding hydrogens is 315 g/mol. The second kappa shape index (κ2) is 4.71. The fraction of sp³-hybridized carbons (Fsp3) is 0.222. The molecular formula is C9H4BrClF4O. The molecule has 16 heavy (non-hydrogen) atoms. The number of Topliss-reactive ketones (excluding diaryl/α,β-unsaturated/α-hetero) is 1. The molecule has 0 aliphatic heterocycles. The minimum Gasteiger partial charge on any atom is -0.293 e. The Morgan fingerprint density at radius 2 is 1.94 bits per heavy atom. The van der Waals surface area contributed by atoms with Gasteiger partial charge < -0.3 is 0 Å². The Bertz CT molecular complexity index is 430. The summed E-state index contributed by atoms with van der Waals surface area (Å²) in [5.74, 6) is -2.43. The van der Waals surface area contributed by atoms with Crippen LogP contribution in [0.1, 0.15) is 15.9 Å². The minimum absolute atomic E-state index is 0.255. The van der Waals surface area contributed by atoms with Gasteiger partial charge in [0.25, 0.3) is 0 Å². The molecule has 0 spiro atoms. The first-order chi connectivity index (χ1) is 7.27. The third-order valence-electron chi connectivity index (χ3n) is 1.76. The normalized spacial score (nSPS) is 11.6. The molecule has 88 valence electrons. The fourth-order valence-corrected chi connectivity index (χ4v) is 1.66. The Labute approximate surface area is 102 Å². The predicted octanol–water partition coefficient (Wildman–Crippen LogP) is 4.08. The molecule has 0 saturated heterocycles. The van der Waals surface area contributed by atoms with Gasteiger partial charge >= 0.3 is 6.18 Å². The predicted molar refractivity (Wildman–Crippen MR) is 54.5 cm³/mol. The summed E-state index contributed by atoms with van der Waals surface area (Å²) in [6, 6.07) is 1.33. The molecule has 0 aliphatic carbocycles. The van der Waals surface area contributed by atoms with E-state index in [2.05, 4.69) is 15.9 Å². The van der Waals surface area contributed by atoms with Crippen LogP contribution in [0.3, 0.4) is 0 Å². The van der Waals surface area contributed by atoms with Crippen molar-refractivity contribution in [1.29, 1.82) is 0 Å².